The van der Waals surface area contributed by atoms with Crippen LogP contribution in [0.25, 0.3) is 97.3 Å². The summed E-state index contributed by atoms with van der Waals surface area (Å²) in [5.74, 6) is 0. The molecule has 0 fully saturated rings. The Hall–Kier alpha value is -6.23. The molecule has 0 saturated carbocycles. The van der Waals surface area contributed by atoms with Gasteiger partial charge in [-0.2, -0.15) is 0 Å². The van der Waals surface area contributed by atoms with Crippen LogP contribution in [-0.4, -0.2) is 14.1 Å². The van der Waals surface area contributed by atoms with Crippen LogP contribution in [0.4, 0.5) is 0 Å². The quantitative estimate of drug-likeness (QED) is 0.176. The van der Waals surface area contributed by atoms with E-state index >= 15 is 0 Å². The summed E-state index contributed by atoms with van der Waals surface area (Å²) in [6.45, 7) is 0. The fraction of sp³-hybridized carbons (Fsp3) is 0. The molecule has 11 aromatic rings. The number of benzene rings is 8. The van der Waals surface area contributed by atoms with E-state index in [0.717, 1.165) is 27.5 Å². The molecule has 0 unspecified atom stereocenters. The number of hydrogen-bond acceptors (Lipinski definition) is 2. The van der Waals surface area contributed by atoms with E-state index in [9.17, 15) is 0 Å². The monoisotopic (exact) mass is 641 g/mol. The van der Waals surface area contributed by atoms with E-state index in [1.165, 1.54) is 69.9 Å². The van der Waals surface area contributed by atoms with E-state index in [1.807, 2.05) is 0 Å². The summed E-state index contributed by atoms with van der Waals surface area (Å²) in [5, 5.41) is 11.1. The fourth-order valence-electron chi connectivity index (χ4n) is 7.93. The van der Waals surface area contributed by atoms with Gasteiger partial charge in [-0.05, 0) is 70.8 Å². The van der Waals surface area contributed by atoms with Gasteiger partial charge in [0.25, 0.3) is 0 Å². The molecule has 49 heavy (non-hydrogen) atoms. The van der Waals surface area contributed by atoms with Gasteiger partial charge in [-0.3, -0.25) is 0 Å². The first-order valence-corrected chi connectivity index (χ1v) is 17.5. The second-order valence-electron chi connectivity index (χ2n) is 12.8. The fourth-order valence-corrected chi connectivity index (χ4v) is 9.07. The average Bonchev–Trinajstić information content (AvgIpc) is 3.84. The Kier molecular flexibility index (Phi) is 5.54. The molecular formula is C45H27N3S. The lowest BCUT2D eigenvalue weighted by Crippen LogP contribution is -1.96. The Labute approximate surface area is 285 Å². The van der Waals surface area contributed by atoms with E-state index in [2.05, 4.69) is 173 Å². The van der Waals surface area contributed by atoms with Gasteiger partial charge < -0.3 is 9.13 Å². The number of aromatic nitrogens is 3. The molecule has 0 amide bonds. The number of para-hydroxylation sites is 3. The Morgan fingerprint density at radius 1 is 0.408 bits per heavy atom. The molecule has 8 aromatic carbocycles. The minimum atomic E-state index is 1.05. The van der Waals surface area contributed by atoms with Gasteiger partial charge in [0.1, 0.15) is 5.01 Å². The first kappa shape index (κ1) is 26.8. The van der Waals surface area contributed by atoms with E-state index in [1.54, 1.807) is 11.3 Å². The first-order valence-electron chi connectivity index (χ1n) is 16.6. The van der Waals surface area contributed by atoms with Crippen LogP contribution in [0.5, 0.6) is 0 Å². The van der Waals surface area contributed by atoms with Gasteiger partial charge in [0.2, 0.25) is 0 Å². The van der Waals surface area contributed by atoms with Crippen LogP contribution < -0.4 is 0 Å². The number of rotatable bonds is 3. The maximum Gasteiger partial charge on any atom is 0.124 e. The molecule has 0 radical (unpaired) electrons. The van der Waals surface area contributed by atoms with Crippen LogP contribution in [0.1, 0.15) is 0 Å². The smallest absolute Gasteiger partial charge is 0.124 e. The second-order valence-corrected chi connectivity index (χ2v) is 13.8. The predicted molar refractivity (Wildman–Crippen MR) is 209 cm³/mol. The van der Waals surface area contributed by atoms with Crippen molar-refractivity contribution in [2.45, 2.75) is 0 Å². The SMILES string of the molecule is c1ccc(-c2nc3ccc4ccc5cc(-n6c7ccccc7c7cc8c9ccccc9n(-c9ccccc9)c8cc76)ccc5c4c3s2)cc1. The van der Waals surface area contributed by atoms with Crippen molar-refractivity contribution in [2.24, 2.45) is 0 Å². The first-order chi connectivity index (χ1) is 24.3. The van der Waals surface area contributed by atoms with Gasteiger partial charge in [-0.15, -0.1) is 11.3 Å². The van der Waals surface area contributed by atoms with E-state index in [0.29, 0.717) is 0 Å². The zero-order valence-corrected chi connectivity index (χ0v) is 27.2. The molecule has 228 valence electrons. The van der Waals surface area contributed by atoms with Gasteiger partial charge in [0.05, 0.1) is 32.3 Å². The molecule has 3 heterocycles. The Balaban J connectivity index is 1.19. The third kappa shape index (κ3) is 3.86. The standard InChI is InChI=1S/C45H27N3S/c1-3-11-29(12-4-1)45-46-38-24-21-28-19-20-30-25-32(22-23-33(30)43(28)44(38)49-45)48-40-18-10-8-16-35(40)37-26-36-34-15-7-9-17-39(34)47(41(36)27-42(37)48)31-13-5-2-6-14-31/h1-27H. The van der Waals surface area contributed by atoms with Crippen LogP contribution in [0.15, 0.2) is 164 Å². The van der Waals surface area contributed by atoms with Crippen molar-refractivity contribution in [3.05, 3.63) is 164 Å². The largest absolute Gasteiger partial charge is 0.309 e. The molecule has 11 rings (SSSR count). The average molecular weight is 642 g/mol. The van der Waals surface area contributed by atoms with Crippen molar-refractivity contribution < 1.29 is 0 Å². The van der Waals surface area contributed by atoms with Crippen LogP contribution >= 0.6 is 11.3 Å². The van der Waals surface area contributed by atoms with E-state index in [-0.39, 0.29) is 0 Å². The Morgan fingerprint density at radius 2 is 1.02 bits per heavy atom. The van der Waals surface area contributed by atoms with E-state index < -0.39 is 0 Å². The molecule has 4 heteroatoms. The molecule has 0 bridgehead atoms. The molecule has 0 aliphatic carbocycles. The van der Waals surface area contributed by atoms with Crippen molar-refractivity contribution in [3.63, 3.8) is 0 Å². The predicted octanol–water partition coefficient (Wildman–Crippen LogP) is 12.5. The van der Waals surface area contributed by atoms with E-state index in [4.69, 9.17) is 4.98 Å². The zero-order valence-electron chi connectivity index (χ0n) is 26.3. The number of nitrogens with zero attached hydrogens (tertiary/aromatic N) is 3. The maximum atomic E-state index is 5.05. The number of hydrogen-bond donors (Lipinski definition) is 0. The summed E-state index contributed by atoms with van der Waals surface area (Å²) in [6.07, 6.45) is 0. The van der Waals surface area contributed by atoms with Crippen molar-refractivity contribution in [1.29, 1.82) is 0 Å². The maximum absolute atomic E-state index is 5.05. The van der Waals surface area contributed by atoms with Gasteiger partial charge in [0.15, 0.2) is 0 Å². The summed E-state index contributed by atoms with van der Waals surface area (Å²) in [5.41, 5.74) is 9.36. The van der Waals surface area contributed by atoms with Gasteiger partial charge in [-0.1, -0.05) is 109 Å². The Bertz CT molecular complexity index is 3090. The molecule has 3 nitrogen and oxygen atoms in total. The molecule has 0 N–H and O–H groups in total. The van der Waals surface area contributed by atoms with Crippen LogP contribution in [0, 0.1) is 0 Å². The molecule has 0 aliphatic rings. The van der Waals surface area contributed by atoms with Gasteiger partial charge in [-0.25, -0.2) is 4.98 Å². The summed E-state index contributed by atoms with van der Waals surface area (Å²) >= 11 is 1.78. The lowest BCUT2D eigenvalue weighted by Gasteiger charge is -2.12. The highest BCUT2D eigenvalue weighted by Crippen LogP contribution is 2.42. The topological polar surface area (TPSA) is 22.8 Å². The number of fused-ring (bicyclic) bond motifs is 11. The summed E-state index contributed by atoms with van der Waals surface area (Å²) in [4.78, 5) is 5.05. The lowest BCUT2D eigenvalue weighted by molar-refractivity contribution is 1.17. The minimum Gasteiger partial charge on any atom is -0.309 e. The molecule has 0 spiro atoms. The highest BCUT2D eigenvalue weighted by Gasteiger charge is 2.19. The van der Waals surface area contributed by atoms with Crippen LogP contribution in [0.2, 0.25) is 0 Å². The minimum absolute atomic E-state index is 1.05. The van der Waals surface area contributed by atoms with Crippen molar-refractivity contribution >= 4 is 86.7 Å². The molecule has 0 atom stereocenters. The molecule has 3 aromatic heterocycles. The van der Waals surface area contributed by atoms with Crippen molar-refractivity contribution in [1.82, 2.24) is 14.1 Å². The molecule has 0 aliphatic heterocycles. The highest BCUT2D eigenvalue weighted by atomic mass is 32.1. The van der Waals surface area contributed by atoms with Crippen molar-refractivity contribution in [3.8, 4) is 21.9 Å². The lowest BCUT2D eigenvalue weighted by atomic mass is 10.0. The van der Waals surface area contributed by atoms with Gasteiger partial charge >= 0.3 is 0 Å². The second kappa shape index (κ2) is 10.1. The van der Waals surface area contributed by atoms with Crippen molar-refractivity contribution in [2.75, 3.05) is 0 Å². The number of thiazole rings is 1. The Morgan fingerprint density at radius 3 is 1.76 bits per heavy atom. The molecular weight excluding hydrogens is 615 g/mol. The van der Waals surface area contributed by atoms with Crippen LogP contribution in [-0.2, 0) is 0 Å². The zero-order chi connectivity index (χ0) is 32.1. The summed E-state index contributed by atoms with van der Waals surface area (Å²) in [7, 11) is 0. The third-order valence-corrected chi connectivity index (χ3v) is 11.2. The summed E-state index contributed by atoms with van der Waals surface area (Å²) in [6, 6.07) is 59.5. The summed E-state index contributed by atoms with van der Waals surface area (Å²) < 4.78 is 6.09. The normalized spacial score (nSPS) is 12.1. The van der Waals surface area contributed by atoms with Gasteiger partial charge in [0, 0.05) is 43.9 Å². The molecule has 0 saturated heterocycles. The third-order valence-electron chi connectivity index (χ3n) is 10.1. The van der Waals surface area contributed by atoms with Crippen LogP contribution in [0.3, 0.4) is 0 Å². The highest BCUT2D eigenvalue weighted by molar-refractivity contribution is 7.22.